The molecule has 0 saturated carbocycles. The smallest absolute Gasteiger partial charge is 0.0689 e. The Morgan fingerprint density at radius 2 is 1.06 bits per heavy atom. The van der Waals surface area contributed by atoms with E-state index in [-0.39, 0.29) is 39.0 Å². The summed E-state index contributed by atoms with van der Waals surface area (Å²) in [5.74, 6) is 0. The van der Waals surface area contributed by atoms with Gasteiger partial charge in [0.1, 0.15) is 0 Å². The van der Waals surface area contributed by atoms with Crippen LogP contribution in [-0.2, 0) is 0 Å². The Bertz CT molecular complexity index is 167. The molecule has 0 aliphatic rings. The van der Waals surface area contributed by atoms with Gasteiger partial charge in [-0.15, -0.1) is 0 Å². The largest absolute Gasteiger partial charge is 0.392 e. The highest BCUT2D eigenvalue weighted by molar-refractivity contribution is 4.70. The first-order valence-electron chi connectivity index (χ1n) is 5.82. The second-order valence-corrected chi connectivity index (χ2v) is 4.22. The van der Waals surface area contributed by atoms with E-state index in [1.54, 1.807) is 0 Å². The fourth-order valence-electron chi connectivity index (χ4n) is 1.40. The summed E-state index contributed by atoms with van der Waals surface area (Å²) in [7, 11) is 0. The number of nitrogens with two attached hydrogens (primary N) is 2. The van der Waals surface area contributed by atoms with Gasteiger partial charge in [0.2, 0.25) is 0 Å². The van der Waals surface area contributed by atoms with Crippen molar-refractivity contribution in [2.75, 3.05) is 26.2 Å². The van der Waals surface area contributed by atoms with Crippen molar-refractivity contribution in [1.82, 2.24) is 5.32 Å². The van der Waals surface area contributed by atoms with Gasteiger partial charge >= 0.3 is 0 Å². The van der Waals surface area contributed by atoms with E-state index < -0.39 is 24.4 Å². The summed E-state index contributed by atoms with van der Waals surface area (Å²) >= 11 is 0. The first-order chi connectivity index (χ1) is 7.99. The van der Waals surface area contributed by atoms with E-state index in [1.807, 2.05) is 0 Å². The first kappa shape index (κ1) is 16.7. The zero-order valence-corrected chi connectivity index (χ0v) is 10.00. The van der Waals surface area contributed by atoms with Crippen molar-refractivity contribution in [3.8, 4) is 0 Å². The van der Waals surface area contributed by atoms with Crippen LogP contribution in [0.4, 0.5) is 0 Å². The average molecular weight is 251 g/mol. The molecule has 0 aliphatic heterocycles. The average Bonchev–Trinajstić information content (AvgIpc) is 2.28. The molecule has 0 amide bonds. The summed E-state index contributed by atoms with van der Waals surface area (Å²) in [6.45, 7) is 0.741. The van der Waals surface area contributed by atoms with Crippen LogP contribution in [0.1, 0.15) is 12.8 Å². The van der Waals surface area contributed by atoms with E-state index in [2.05, 4.69) is 5.32 Å². The fraction of sp³-hybridized carbons (Fsp3) is 1.00. The maximum absolute atomic E-state index is 9.46. The van der Waals surface area contributed by atoms with Crippen LogP contribution >= 0.6 is 0 Å². The lowest BCUT2D eigenvalue weighted by molar-refractivity contribution is 0.0701. The third-order valence-corrected chi connectivity index (χ3v) is 2.39. The van der Waals surface area contributed by atoms with Gasteiger partial charge in [-0.2, -0.15) is 0 Å². The zero-order valence-electron chi connectivity index (χ0n) is 10.00. The molecular weight excluding hydrogens is 226 g/mol. The molecular formula is C10H25N3O4. The molecule has 0 saturated heterocycles. The standard InChI is InChI=1S/C10H25N3O4/c11-3-7(14)1-9(16)5-13-6-10(17)2-8(15)4-12/h7-10,13-17H,1-6,11-12H2/t7-,8-,9-,10-/m1/s1. The van der Waals surface area contributed by atoms with Gasteiger partial charge in [0.05, 0.1) is 24.4 Å². The molecule has 0 radical (unpaired) electrons. The molecule has 0 heterocycles. The van der Waals surface area contributed by atoms with Crippen LogP contribution in [0.15, 0.2) is 0 Å². The topological polar surface area (TPSA) is 145 Å². The van der Waals surface area contributed by atoms with Crippen molar-refractivity contribution in [3.05, 3.63) is 0 Å². The number of rotatable bonds is 10. The van der Waals surface area contributed by atoms with Crippen molar-refractivity contribution in [1.29, 1.82) is 0 Å². The number of aliphatic hydroxyl groups excluding tert-OH is 4. The van der Waals surface area contributed by atoms with Crippen LogP contribution in [0.25, 0.3) is 0 Å². The molecule has 0 aromatic carbocycles. The summed E-state index contributed by atoms with van der Waals surface area (Å²) in [6, 6.07) is 0. The van der Waals surface area contributed by atoms with Crippen LogP contribution in [0.3, 0.4) is 0 Å². The van der Waals surface area contributed by atoms with Gasteiger partial charge in [0.15, 0.2) is 0 Å². The molecule has 0 aromatic rings. The quantitative estimate of drug-likeness (QED) is 0.215. The van der Waals surface area contributed by atoms with Gasteiger partial charge in [-0.05, 0) is 0 Å². The van der Waals surface area contributed by atoms with Gasteiger partial charge in [0.25, 0.3) is 0 Å². The third-order valence-electron chi connectivity index (χ3n) is 2.39. The van der Waals surface area contributed by atoms with E-state index in [9.17, 15) is 20.4 Å². The monoisotopic (exact) mass is 251 g/mol. The van der Waals surface area contributed by atoms with E-state index in [1.165, 1.54) is 0 Å². The Morgan fingerprint density at radius 1 is 0.706 bits per heavy atom. The molecule has 0 bridgehead atoms. The highest BCUT2D eigenvalue weighted by Gasteiger charge is 2.13. The Balaban J connectivity index is 3.55. The van der Waals surface area contributed by atoms with Crippen LogP contribution < -0.4 is 16.8 Å². The molecule has 104 valence electrons. The molecule has 0 aromatic heterocycles. The number of hydrogen-bond acceptors (Lipinski definition) is 7. The molecule has 0 fully saturated rings. The minimum absolute atomic E-state index is 0.113. The maximum atomic E-state index is 9.46. The fourth-order valence-corrected chi connectivity index (χ4v) is 1.40. The van der Waals surface area contributed by atoms with Gasteiger partial charge < -0.3 is 37.2 Å². The van der Waals surface area contributed by atoms with Crippen molar-refractivity contribution in [3.63, 3.8) is 0 Å². The Hall–Kier alpha value is -0.280. The predicted molar refractivity (Wildman–Crippen MR) is 64.2 cm³/mol. The van der Waals surface area contributed by atoms with Crippen molar-refractivity contribution in [2.45, 2.75) is 37.3 Å². The van der Waals surface area contributed by atoms with Crippen LogP contribution in [0.5, 0.6) is 0 Å². The molecule has 17 heavy (non-hydrogen) atoms. The summed E-state index contributed by atoms with van der Waals surface area (Å²) in [5, 5.41) is 40.1. The van der Waals surface area contributed by atoms with Crippen LogP contribution in [0, 0.1) is 0 Å². The Kier molecular flexibility index (Phi) is 9.56. The first-order valence-corrected chi connectivity index (χ1v) is 5.82. The number of hydrogen-bond donors (Lipinski definition) is 7. The normalized spacial score (nSPS) is 18.7. The van der Waals surface area contributed by atoms with Crippen molar-refractivity contribution in [2.24, 2.45) is 11.5 Å². The molecule has 0 spiro atoms. The molecule has 7 heteroatoms. The predicted octanol–water partition coefficient (Wildman–Crippen LogP) is -3.28. The van der Waals surface area contributed by atoms with Gasteiger partial charge in [0, 0.05) is 39.0 Å². The second kappa shape index (κ2) is 9.72. The van der Waals surface area contributed by atoms with Gasteiger partial charge in [-0.3, -0.25) is 0 Å². The van der Waals surface area contributed by atoms with E-state index in [4.69, 9.17) is 11.5 Å². The Labute approximate surface area is 101 Å². The number of aliphatic hydroxyl groups is 4. The third kappa shape index (κ3) is 9.42. The summed E-state index contributed by atoms with van der Waals surface area (Å²) in [5.41, 5.74) is 10.4. The minimum atomic E-state index is -0.712. The summed E-state index contributed by atoms with van der Waals surface area (Å²) in [4.78, 5) is 0. The van der Waals surface area contributed by atoms with Crippen molar-refractivity contribution >= 4 is 0 Å². The molecule has 0 rings (SSSR count). The highest BCUT2D eigenvalue weighted by Crippen LogP contribution is 1.98. The van der Waals surface area contributed by atoms with Gasteiger partial charge in [-0.1, -0.05) is 0 Å². The van der Waals surface area contributed by atoms with Crippen LogP contribution in [0.2, 0.25) is 0 Å². The zero-order chi connectivity index (χ0) is 13.3. The van der Waals surface area contributed by atoms with E-state index >= 15 is 0 Å². The lowest BCUT2D eigenvalue weighted by Gasteiger charge is -2.18. The molecule has 0 aliphatic carbocycles. The maximum Gasteiger partial charge on any atom is 0.0689 e. The second-order valence-electron chi connectivity index (χ2n) is 4.22. The summed E-state index contributed by atoms with van der Waals surface area (Å²) in [6.07, 6.45) is -2.44. The lowest BCUT2D eigenvalue weighted by Crippen LogP contribution is -2.37. The Morgan fingerprint density at radius 3 is 1.35 bits per heavy atom. The molecule has 0 unspecified atom stereocenters. The lowest BCUT2D eigenvalue weighted by atomic mass is 10.1. The SMILES string of the molecule is NC[C@H](O)C[C@@H](O)CNC[C@H](O)C[C@@H](O)CN. The van der Waals surface area contributed by atoms with E-state index in [0.717, 1.165) is 0 Å². The highest BCUT2D eigenvalue weighted by atomic mass is 16.3. The summed E-state index contributed by atoms with van der Waals surface area (Å²) < 4.78 is 0. The van der Waals surface area contributed by atoms with Crippen molar-refractivity contribution < 1.29 is 20.4 Å². The molecule has 4 atom stereocenters. The molecule has 7 nitrogen and oxygen atoms in total. The number of nitrogens with one attached hydrogen (secondary N) is 1. The van der Waals surface area contributed by atoms with Gasteiger partial charge in [-0.25, -0.2) is 0 Å². The molecule has 9 N–H and O–H groups in total. The van der Waals surface area contributed by atoms with Crippen LogP contribution in [-0.4, -0.2) is 71.0 Å². The van der Waals surface area contributed by atoms with E-state index in [0.29, 0.717) is 0 Å². The minimum Gasteiger partial charge on any atom is -0.392 e.